The summed E-state index contributed by atoms with van der Waals surface area (Å²) in [6.07, 6.45) is 2.77. The summed E-state index contributed by atoms with van der Waals surface area (Å²) < 4.78 is 4.10. The lowest BCUT2D eigenvalue weighted by atomic mass is 10.1. The minimum Gasteiger partial charge on any atom is -0.365 e. The Morgan fingerprint density at radius 2 is 2.18 bits per heavy atom. The van der Waals surface area contributed by atoms with Crippen molar-refractivity contribution < 1.29 is 9.36 Å². The van der Waals surface area contributed by atoms with E-state index in [-0.39, 0.29) is 5.91 Å². The lowest BCUT2D eigenvalue weighted by molar-refractivity contribution is -0.645. The zero-order valence-electron chi connectivity index (χ0n) is 10.7. The lowest BCUT2D eigenvalue weighted by Crippen LogP contribution is -2.31. The van der Waals surface area contributed by atoms with Gasteiger partial charge in [0.25, 0.3) is 5.91 Å². The summed E-state index contributed by atoms with van der Waals surface area (Å²) in [7, 11) is 3.97. The van der Waals surface area contributed by atoms with Crippen LogP contribution in [-0.4, -0.2) is 10.5 Å². The molecule has 0 aliphatic carbocycles. The van der Waals surface area contributed by atoms with Crippen molar-refractivity contribution in [2.75, 3.05) is 0 Å². The Bertz CT molecular complexity index is 611. The first-order chi connectivity index (χ1) is 7.97. The molecule has 1 amide bonds. The number of carbonyl (C=O) groups excluding carboxylic acids is 1. The molecule has 2 N–H and O–H groups in total. The average Bonchev–Trinajstić information content (AvgIpc) is 2.53. The minimum absolute atomic E-state index is 0.389. The highest BCUT2D eigenvalue weighted by Gasteiger charge is 2.20. The highest BCUT2D eigenvalue weighted by Crippen LogP contribution is 2.22. The first-order valence-corrected chi connectivity index (χ1v) is 5.74. The summed E-state index contributed by atoms with van der Waals surface area (Å²) in [6, 6.07) is 1.86. The van der Waals surface area contributed by atoms with Crippen LogP contribution in [0.15, 0.2) is 12.3 Å². The van der Waals surface area contributed by atoms with E-state index in [1.54, 1.807) is 6.20 Å². The van der Waals surface area contributed by atoms with Crippen LogP contribution in [0.1, 0.15) is 28.5 Å². The molecule has 0 atom stereocenters. The second kappa shape index (κ2) is 3.87. The quantitative estimate of drug-likeness (QED) is 0.771. The van der Waals surface area contributed by atoms with E-state index in [0.29, 0.717) is 5.56 Å². The largest absolute Gasteiger partial charge is 0.365 e. The van der Waals surface area contributed by atoms with Crippen molar-refractivity contribution in [3.63, 3.8) is 0 Å². The van der Waals surface area contributed by atoms with Gasteiger partial charge in [0.15, 0.2) is 6.20 Å². The molecule has 2 rings (SSSR count). The molecule has 0 aliphatic rings. The molecule has 0 saturated carbocycles. The van der Waals surface area contributed by atoms with Crippen molar-refractivity contribution in [1.29, 1.82) is 0 Å². The van der Waals surface area contributed by atoms with E-state index in [4.69, 9.17) is 5.73 Å². The van der Waals surface area contributed by atoms with Gasteiger partial charge in [-0.1, -0.05) is 6.92 Å². The molecule has 0 unspecified atom stereocenters. The summed E-state index contributed by atoms with van der Waals surface area (Å²) in [5.74, 6) is -0.389. The molecule has 4 heteroatoms. The number of hydrogen-bond donors (Lipinski definition) is 1. The van der Waals surface area contributed by atoms with Gasteiger partial charge in [-0.2, -0.15) is 4.57 Å². The Hall–Kier alpha value is -1.84. The second-order valence-electron chi connectivity index (χ2n) is 4.41. The predicted molar refractivity (Wildman–Crippen MR) is 66.7 cm³/mol. The number of nitrogens with two attached hydrogens (primary N) is 1. The fourth-order valence-corrected chi connectivity index (χ4v) is 2.44. The Kier molecular flexibility index (Phi) is 2.65. The normalized spacial score (nSPS) is 11.1. The summed E-state index contributed by atoms with van der Waals surface area (Å²) in [6.45, 7) is 4.24. The topological polar surface area (TPSA) is 51.9 Å². The summed E-state index contributed by atoms with van der Waals surface area (Å²) in [5, 5.41) is 0. The number of hydrogen-bond acceptors (Lipinski definition) is 1. The van der Waals surface area contributed by atoms with Gasteiger partial charge in [-0.25, -0.2) is 0 Å². The van der Waals surface area contributed by atoms with Gasteiger partial charge in [0, 0.05) is 18.3 Å². The van der Waals surface area contributed by atoms with Gasteiger partial charge in [-0.05, 0) is 19.4 Å². The van der Waals surface area contributed by atoms with E-state index < -0.39 is 0 Å². The van der Waals surface area contributed by atoms with Crippen molar-refractivity contribution >= 4 is 16.9 Å². The van der Waals surface area contributed by atoms with E-state index in [0.717, 1.165) is 11.9 Å². The van der Waals surface area contributed by atoms with Crippen LogP contribution in [0.5, 0.6) is 0 Å². The van der Waals surface area contributed by atoms with Crippen LogP contribution in [0.4, 0.5) is 0 Å². The number of pyridine rings is 1. The van der Waals surface area contributed by atoms with Crippen LogP contribution in [0.3, 0.4) is 0 Å². The fraction of sp³-hybridized carbons (Fsp3) is 0.385. The minimum atomic E-state index is -0.389. The Balaban J connectivity index is 2.91. The zero-order valence-corrected chi connectivity index (χ0v) is 10.7. The maximum atomic E-state index is 11.3. The third-order valence-electron chi connectivity index (χ3n) is 3.45. The highest BCUT2D eigenvalue weighted by atomic mass is 16.1. The van der Waals surface area contributed by atoms with Crippen LogP contribution >= 0.6 is 0 Å². The van der Waals surface area contributed by atoms with Crippen LogP contribution in [0.2, 0.25) is 0 Å². The molecule has 2 aromatic rings. The number of aromatic nitrogens is 2. The molecule has 0 aliphatic heterocycles. The molecule has 0 aromatic carbocycles. The van der Waals surface area contributed by atoms with E-state index in [2.05, 4.69) is 18.4 Å². The van der Waals surface area contributed by atoms with Crippen LogP contribution < -0.4 is 10.3 Å². The summed E-state index contributed by atoms with van der Waals surface area (Å²) in [5.41, 5.74) is 10.7. The fourth-order valence-electron chi connectivity index (χ4n) is 2.44. The molecule has 2 aromatic heterocycles. The molecular formula is C13H18N3O+. The molecule has 0 radical (unpaired) electrons. The number of aryl methyl sites for hydroxylation is 3. The number of rotatable bonds is 2. The predicted octanol–water partition coefficient (Wildman–Crippen LogP) is 0.973. The maximum Gasteiger partial charge on any atom is 0.254 e. The Labute approximate surface area is 101 Å². The lowest BCUT2D eigenvalue weighted by Gasteiger charge is -1.99. The Morgan fingerprint density at radius 3 is 2.71 bits per heavy atom. The molecule has 2 heterocycles. The summed E-state index contributed by atoms with van der Waals surface area (Å²) >= 11 is 0. The van der Waals surface area contributed by atoms with E-state index in [1.807, 2.05) is 24.7 Å². The van der Waals surface area contributed by atoms with Crippen LogP contribution in [-0.2, 0) is 20.5 Å². The first-order valence-electron chi connectivity index (χ1n) is 5.74. The number of primary amides is 1. The van der Waals surface area contributed by atoms with Gasteiger partial charge in [0.05, 0.1) is 0 Å². The van der Waals surface area contributed by atoms with E-state index in [1.165, 1.54) is 16.8 Å². The van der Waals surface area contributed by atoms with Crippen molar-refractivity contribution in [3.8, 4) is 0 Å². The number of fused-ring (bicyclic) bond motifs is 1. The molecular weight excluding hydrogens is 214 g/mol. The number of nitrogens with zero attached hydrogens (tertiary/aromatic N) is 2. The Morgan fingerprint density at radius 1 is 1.53 bits per heavy atom. The maximum absolute atomic E-state index is 11.3. The second-order valence-corrected chi connectivity index (χ2v) is 4.41. The van der Waals surface area contributed by atoms with Gasteiger partial charge in [-0.3, -0.25) is 4.79 Å². The molecule has 0 fully saturated rings. The highest BCUT2D eigenvalue weighted by molar-refractivity contribution is 5.95. The smallest absolute Gasteiger partial charge is 0.254 e. The third-order valence-corrected chi connectivity index (χ3v) is 3.45. The van der Waals surface area contributed by atoms with Crippen molar-refractivity contribution in [2.24, 2.45) is 19.8 Å². The SMILES string of the molecule is CCc1c(C)n(C)c2cc(C(N)=O)c[n+](C)c12. The van der Waals surface area contributed by atoms with Crippen molar-refractivity contribution in [2.45, 2.75) is 20.3 Å². The van der Waals surface area contributed by atoms with Gasteiger partial charge in [-0.15, -0.1) is 0 Å². The van der Waals surface area contributed by atoms with E-state index >= 15 is 0 Å². The van der Waals surface area contributed by atoms with Gasteiger partial charge in [0.2, 0.25) is 5.52 Å². The molecule has 0 saturated heterocycles. The molecule has 0 spiro atoms. The monoisotopic (exact) mass is 232 g/mol. The molecule has 4 nitrogen and oxygen atoms in total. The average molecular weight is 232 g/mol. The molecule has 17 heavy (non-hydrogen) atoms. The van der Waals surface area contributed by atoms with Crippen molar-refractivity contribution in [1.82, 2.24) is 4.57 Å². The molecule has 90 valence electrons. The summed E-state index contributed by atoms with van der Waals surface area (Å²) in [4.78, 5) is 11.3. The van der Waals surface area contributed by atoms with Crippen LogP contribution in [0, 0.1) is 6.92 Å². The van der Waals surface area contributed by atoms with Gasteiger partial charge in [0.1, 0.15) is 18.1 Å². The van der Waals surface area contributed by atoms with E-state index in [9.17, 15) is 4.79 Å². The standard InChI is InChI=1S/C13H17N3O/c1-5-10-8(2)16(4)11-6-9(13(14)17)7-15(3)12(10)11/h6-7H,5H2,1-4H3,(H-,14,17)/p+1. The first kappa shape index (κ1) is 11.6. The molecule has 0 bridgehead atoms. The van der Waals surface area contributed by atoms with Gasteiger partial charge < -0.3 is 10.3 Å². The zero-order chi connectivity index (χ0) is 12.7. The number of carbonyl (C=O) groups is 1. The van der Waals surface area contributed by atoms with Crippen molar-refractivity contribution in [3.05, 3.63) is 29.1 Å². The van der Waals surface area contributed by atoms with Gasteiger partial charge >= 0.3 is 0 Å². The van der Waals surface area contributed by atoms with Crippen LogP contribution in [0.25, 0.3) is 11.0 Å². The third kappa shape index (κ3) is 1.60. The number of amides is 1.